The number of carbonyl (C=O) groups excluding carboxylic acids is 1. The first-order valence-corrected chi connectivity index (χ1v) is 6.12. The fourth-order valence-electron chi connectivity index (χ4n) is 1.39. The Morgan fingerprint density at radius 2 is 2.09 bits per heavy atom. The maximum Gasteiger partial charge on any atom is 0.346 e. The van der Waals surface area contributed by atoms with Crippen molar-refractivity contribution in [2.24, 2.45) is 0 Å². The quantitative estimate of drug-likeness (QED) is 0.503. The Morgan fingerprint density at radius 1 is 1.55 bits per heavy atom. The molecule has 0 aromatic rings. The molecule has 1 aliphatic rings. The van der Waals surface area contributed by atoms with Crippen molar-refractivity contribution in [1.82, 2.24) is 0 Å². The Balaban J connectivity index is 2.39. The summed E-state index contributed by atoms with van der Waals surface area (Å²) in [4.78, 5) is 20.6. The summed E-state index contributed by atoms with van der Waals surface area (Å²) in [5.74, 6) is -0.261. The van der Waals surface area contributed by atoms with Gasteiger partial charge in [0.15, 0.2) is 13.7 Å². The summed E-state index contributed by atoms with van der Waals surface area (Å²) in [6, 6.07) is 0. The van der Waals surface area contributed by atoms with Crippen LogP contribution in [0.25, 0.3) is 0 Å². The maximum atomic E-state index is 10.8. The monoisotopic (exact) mass is 177 g/mol. The van der Waals surface area contributed by atoms with E-state index in [2.05, 4.69) is 4.74 Å². The lowest BCUT2D eigenvalue weighted by Gasteiger charge is -2.10. The molecule has 0 radical (unpaired) electrons. The summed E-state index contributed by atoms with van der Waals surface area (Å²) < 4.78 is 4.51. The van der Waals surface area contributed by atoms with Crippen LogP contribution in [0.3, 0.4) is 0 Å². The summed E-state index contributed by atoms with van der Waals surface area (Å²) in [6.07, 6.45) is 4.11. The highest BCUT2D eigenvalue weighted by Crippen LogP contribution is 2.59. The molecule has 64 valence electrons. The molecule has 3 nitrogen and oxygen atoms in total. The van der Waals surface area contributed by atoms with Gasteiger partial charge < -0.3 is 4.74 Å². The molecule has 0 bridgehead atoms. The largest absolute Gasteiger partial charge is 0.466 e. The molecule has 0 spiro atoms. The molecular weight excluding hydrogens is 163 g/mol. The summed E-state index contributed by atoms with van der Waals surface area (Å²) in [5, 5.41) is 0. The van der Waals surface area contributed by atoms with Crippen molar-refractivity contribution in [2.75, 3.05) is 25.6 Å². The summed E-state index contributed by atoms with van der Waals surface area (Å²) in [6.45, 7) is 0. The van der Waals surface area contributed by atoms with Crippen LogP contribution in [0.15, 0.2) is 0 Å². The molecule has 0 saturated carbocycles. The molecule has 0 aromatic carbocycles. The second-order valence-corrected chi connectivity index (χ2v) is 6.38. The number of rotatable bonds is 2. The van der Waals surface area contributed by atoms with Crippen LogP contribution in [0.2, 0.25) is 0 Å². The van der Waals surface area contributed by atoms with Gasteiger partial charge in [-0.05, 0) is 12.8 Å². The average molecular weight is 177 g/mol. The maximum absolute atomic E-state index is 10.8. The van der Waals surface area contributed by atoms with Crippen LogP contribution >= 0.6 is 7.49 Å². The van der Waals surface area contributed by atoms with Gasteiger partial charge in [0.2, 0.25) is 0 Å². The number of ether oxygens (including phenoxy) is 1. The minimum Gasteiger partial charge on any atom is -0.466 e. The predicted molar refractivity (Wildman–Crippen MR) is 45.0 cm³/mol. The number of hydrogen-bond acceptors (Lipinski definition) is 3. The van der Waals surface area contributed by atoms with Gasteiger partial charge in [-0.25, -0.2) is 4.79 Å². The van der Waals surface area contributed by atoms with E-state index in [1.807, 2.05) is 0 Å². The summed E-state index contributed by atoms with van der Waals surface area (Å²) in [7, 11) is -0.502. The molecule has 1 saturated heterocycles. The van der Waals surface area contributed by atoms with Crippen molar-refractivity contribution >= 4 is 13.5 Å². The van der Waals surface area contributed by atoms with Crippen molar-refractivity contribution < 1.29 is 14.4 Å². The third kappa shape index (κ3) is 2.42. The van der Waals surface area contributed by atoms with Gasteiger partial charge in [-0.2, -0.15) is 0 Å². The van der Waals surface area contributed by atoms with Gasteiger partial charge in [0.05, 0.1) is 19.4 Å². The average Bonchev–Trinajstić information content (AvgIpc) is 2.36. The van der Waals surface area contributed by atoms with Crippen molar-refractivity contribution in [2.45, 2.75) is 12.8 Å². The zero-order valence-corrected chi connectivity index (χ0v) is 7.64. The van der Waals surface area contributed by atoms with Gasteiger partial charge in [-0.1, -0.05) is 0 Å². The topological polar surface area (TPSA) is 46.5 Å². The molecule has 11 heavy (non-hydrogen) atoms. The van der Waals surface area contributed by atoms with E-state index in [1.165, 1.54) is 7.11 Å². The first-order chi connectivity index (χ1) is 5.16. The fraction of sp³-hybridized carbons (Fsp3) is 0.857. The van der Waals surface area contributed by atoms with E-state index < -0.39 is 7.49 Å². The summed E-state index contributed by atoms with van der Waals surface area (Å²) in [5.41, 5.74) is 0. The highest BCUT2D eigenvalue weighted by molar-refractivity contribution is 7.71. The van der Waals surface area contributed by atoms with E-state index in [1.54, 1.807) is 0 Å². The normalized spacial score (nSPS) is 21.6. The van der Waals surface area contributed by atoms with Crippen LogP contribution in [-0.2, 0) is 9.53 Å². The van der Waals surface area contributed by atoms with Gasteiger partial charge in [0.25, 0.3) is 0 Å². The van der Waals surface area contributed by atoms with Gasteiger partial charge in [0, 0.05) is 0 Å². The molecule has 0 aliphatic carbocycles. The molecule has 1 aliphatic heterocycles. The summed E-state index contributed by atoms with van der Waals surface area (Å²) >= 11 is 0. The molecule has 0 aromatic heterocycles. The highest BCUT2D eigenvalue weighted by atomic mass is 31.2. The van der Waals surface area contributed by atoms with Gasteiger partial charge in [0.1, 0.15) is 0 Å². The molecular formula is C7H14O3P+. The zero-order chi connectivity index (χ0) is 8.32. The predicted octanol–water partition coefficient (Wildman–Crippen LogP) is 0.878. The number of hydrogen-bond donors (Lipinski definition) is 1. The lowest BCUT2D eigenvalue weighted by Crippen LogP contribution is -2.12. The Morgan fingerprint density at radius 3 is 2.55 bits per heavy atom. The number of carbonyl (C=O) groups is 1. The van der Waals surface area contributed by atoms with Crippen molar-refractivity contribution in [3.05, 3.63) is 0 Å². The Labute approximate surface area is 67.2 Å². The van der Waals surface area contributed by atoms with Gasteiger partial charge in [-0.15, -0.1) is 0 Å². The van der Waals surface area contributed by atoms with E-state index in [-0.39, 0.29) is 12.1 Å². The Kier molecular flexibility index (Phi) is 2.85. The molecule has 1 N–H and O–H groups in total. The van der Waals surface area contributed by atoms with Crippen molar-refractivity contribution in [1.29, 1.82) is 0 Å². The lowest BCUT2D eigenvalue weighted by atomic mass is 10.4. The standard InChI is InChI=1S/C7H14O3P/c1-10-7(8)6-11(9)4-2-3-5-11/h9H,2-6H2,1H3/q+1. The second kappa shape index (κ2) is 3.51. The van der Waals surface area contributed by atoms with Crippen LogP contribution in [0, 0.1) is 0 Å². The molecule has 1 fully saturated rings. The Bertz CT molecular complexity index is 152. The Hall–Kier alpha value is -0.140. The van der Waals surface area contributed by atoms with Crippen LogP contribution in [-0.4, -0.2) is 36.5 Å². The first-order valence-electron chi connectivity index (χ1n) is 3.82. The second-order valence-electron chi connectivity index (χ2n) is 2.98. The van der Waals surface area contributed by atoms with Crippen LogP contribution in [0.5, 0.6) is 0 Å². The minimum absolute atomic E-state index is 0.261. The smallest absolute Gasteiger partial charge is 0.346 e. The molecule has 1 heterocycles. The molecule has 1 rings (SSSR count). The molecule has 0 amide bonds. The van der Waals surface area contributed by atoms with Gasteiger partial charge >= 0.3 is 5.97 Å². The minimum atomic E-state index is -1.87. The van der Waals surface area contributed by atoms with Crippen LogP contribution in [0.1, 0.15) is 12.8 Å². The van der Waals surface area contributed by atoms with Crippen molar-refractivity contribution in [3.63, 3.8) is 0 Å². The molecule has 4 heteroatoms. The number of esters is 1. The number of methoxy groups -OCH3 is 1. The van der Waals surface area contributed by atoms with Gasteiger partial charge in [-0.3, -0.25) is 4.89 Å². The van der Waals surface area contributed by atoms with E-state index >= 15 is 0 Å². The molecule has 0 atom stereocenters. The highest BCUT2D eigenvalue weighted by Gasteiger charge is 2.41. The van der Waals surface area contributed by atoms with E-state index in [4.69, 9.17) is 0 Å². The van der Waals surface area contributed by atoms with Crippen molar-refractivity contribution in [3.8, 4) is 0 Å². The third-order valence-corrected chi connectivity index (χ3v) is 5.19. The van der Waals surface area contributed by atoms with E-state index in [0.717, 1.165) is 25.2 Å². The van der Waals surface area contributed by atoms with Crippen LogP contribution < -0.4 is 0 Å². The fourth-order valence-corrected chi connectivity index (χ4v) is 4.16. The SMILES string of the molecule is COC(=O)C[P+]1(O)CCCC1. The molecule has 0 unspecified atom stereocenters. The van der Waals surface area contributed by atoms with Crippen LogP contribution in [0.4, 0.5) is 0 Å². The first kappa shape index (κ1) is 8.95. The van der Waals surface area contributed by atoms with E-state index in [9.17, 15) is 9.69 Å². The lowest BCUT2D eigenvalue weighted by molar-refractivity contribution is -0.137. The van der Waals surface area contributed by atoms with E-state index in [0.29, 0.717) is 0 Å². The third-order valence-electron chi connectivity index (χ3n) is 2.05. The zero-order valence-electron chi connectivity index (χ0n) is 6.75.